The molecule has 0 amide bonds. The highest BCUT2D eigenvalue weighted by atomic mass is 16.5. The lowest BCUT2D eigenvalue weighted by atomic mass is 9.85. The number of allylic oxidation sites excluding steroid dienone is 1. The van der Waals surface area contributed by atoms with Crippen LogP contribution >= 0.6 is 0 Å². The summed E-state index contributed by atoms with van der Waals surface area (Å²) in [5.41, 5.74) is 6.37. The zero-order valence-corrected chi connectivity index (χ0v) is 19.7. The van der Waals surface area contributed by atoms with Gasteiger partial charge in [-0.1, -0.05) is 11.6 Å². The number of piperazine rings is 1. The second-order valence-corrected chi connectivity index (χ2v) is 9.44. The van der Waals surface area contributed by atoms with Gasteiger partial charge in [0.1, 0.15) is 17.1 Å². The summed E-state index contributed by atoms with van der Waals surface area (Å²) in [4.78, 5) is 5.17. The molecule has 2 aliphatic rings. The van der Waals surface area contributed by atoms with Gasteiger partial charge in [-0.15, -0.1) is 0 Å². The fraction of sp³-hybridized carbons (Fsp3) is 0.680. The van der Waals surface area contributed by atoms with Crippen LogP contribution in [0, 0.1) is 20.8 Å². The molecular formula is C25H40N2O2. The van der Waals surface area contributed by atoms with E-state index in [9.17, 15) is 0 Å². The Hall–Kier alpha value is -1.52. The van der Waals surface area contributed by atoms with Gasteiger partial charge in [-0.25, -0.2) is 0 Å². The number of rotatable bonds is 6. The van der Waals surface area contributed by atoms with Crippen LogP contribution in [-0.2, 0) is 6.42 Å². The Morgan fingerprint density at radius 3 is 2.31 bits per heavy atom. The lowest BCUT2D eigenvalue weighted by Gasteiger charge is -2.40. The molecular weight excluding hydrogens is 360 g/mol. The monoisotopic (exact) mass is 400 g/mol. The largest absolute Gasteiger partial charge is 0.496 e. The molecule has 0 spiro atoms. The van der Waals surface area contributed by atoms with Gasteiger partial charge in [-0.05, 0) is 77.5 Å². The molecule has 162 valence electrons. The van der Waals surface area contributed by atoms with E-state index in [-0.39, 0.29) is 5.60 Å². The molecule has 1 unspecified atom stereocenters. The Morgan fingerprint density at radius 2 is 1.69 bits per heavy atom. The molecule has 2 heterocycles. The number of fused-ring (bicyclic) bond motifs is 1. The highest BCUT2D eigenvalue weighted by Gasteiger charge is 2.35. The molecule has 2 aliphatic heterocycles. The number of hydrogen-bond donors (Lipinski definition) is 0. The standard InChI is InChI=1S/C25H40N2O2/c1-18(2)9-12-26-14-16-27(17-15-26)13-11-25(6)10-8-22-21(5)23(28-7)19(3)20(4)24(22)29-25/h9H,8,10-17H2,1-7H3. The van der Waals surface area contributed by atoms with E-state index in [0.717, 1.165) is 56.9 Å². The molecule has 0 aliphatic carbocycles. The van der Waals surface area contributed by atoms with Gasteiger partial charge < -0.3 is 14.4 Å². The quantitative estimate of drug-likeness (QED) is 0.648. The van der Waals surface area contributed by atoms with Crippen LogP contribution in [0.15, 0.2) is 11.6 Å². The minimum atomic E-state index is -0.0789. The normalized spacial score (nSPS) is 22.7. The van der Waals surface area contributed by atoms with Crippen molar-refractivity contribution in [3.05, 3.63) is 33.9 Å². The summed E-state index contributed by atoms with van der Waals surface area (Å²) in [5, 5.41) is 0. The van der Waals surface area contributed by atoms with Crippen molar-refractivity contribution in [1.29, 1.82) is 0 Å². The number of nitrogens with zero attached hydrogens (tertiary/aromatic N) is 2. The fourth-order valence-electron chi connectivity index (χ4n) is 4.67. The van der Waals surface area contributed by atoms with Crippen LogP contribution in [0.2, 0.25) is 0 Å². The van der Waals surface area contributed by atoms with Gasteiger partial charge in [-0.2, -0.15) is 0 Å². The van der Waals surface area contributed by atoms with Crippen LogP contribution in [0.1, 0.15) is 55.9 Å². The van der Waals surface area contributed by atoms with Gasteiger partial charge in [0.25, 0.3) is 0 Å². The smallest absolute Gasteiger partial charge is 0.127 e. The van der Waals surface area contributed by atoms with Gasteiger partial charge in [0, 0.05) is 44.8 Å². The molecule has 29 heavy (non-hydrogen) atoms. The molecule has 1 saturated heterocycles. The second kappa shape index (κ2) is 9.09. The first kappa shape index (κ1) is 22.2. The first-order chi connectivity index (χ1) is 13.7. The predicted octanol–water partition coefficient (Wildman–Crippen LogP) is 4.68. The Labute approximate surface area is 177 Å². The van der Waals surface area contributed by atoms with Crippen molar-refractivity contribution in [2.75, 3.05) is 46.4 Å². The molecule has 3 rings (SSSR count). The Bertz CT molecular complexity index is 759. The maximum absolute atomic E-state index is 6.69. The molecule has 1 aromatic rings. The van der Waals surface area contributed by atoms with Crippen molar-refractivity contribution in [2.24, 2.45) is 0 Å². The van der Waals surface area contributed by atoms with E-state index in [2.05, 4.69) is 57.4 Å². The third-order valence-corrected chi connectivity index (χ3v) is 6.95. The van der Waals surface area contributed by atoms with Crippen molar-refractivity contribution in [1.82, 2.24) is 9.80 Å². The molecule has 4 nitrogen and oxygen atoms in total. The van der Waals surface area contributed by atoms with E-state index < -0.39 is 0 Å². The van der Waals surface area contributed by atoms with E-state index in [1.807, 2.05) is 0 Å². The number of benzene rings is 1. The van der Waals surface area contributed by atoms with Crippen molar-refractivity contribution >= 4 is 0 Å². The van der Waals surface area contributed by atoms with E-state index in [1.54, 1.807) is 7.11 Å². The van der Waals surface area contributed by atoms with Crippen LogP contribution in [0.3, 0.4) is 0 Å². The Kier molecular flexibility index (Phi) is 6.95. The molecule has 0 bridgehead atoms. The summed E-state index contributed by atoms with van der Waals surface area (Å²) in [6.45, 7) is 20.0. The van der Waals surface area contributed by atoms with Crippen LogP contribution in [-0.4, -0.2) is 61.8 Å². The van der Waals surface area contributed by atoms with Crippen LogP contribution in [0.4, 0.5) is 0 Å². The van der Waals surface area contributed by atoms with Gasteiger partial charge in [-0.3, -0.25) is 4.90 Å². The highest BCUT2D eigenvalue weighted by molar-refractivity contribution is 5.58. The molecule has 1 atom stereocenters. The number of ether oxygens (including phenoxy) is 2. The molecule has 1 fully saturated rings. The Balaban J connectivity index is 1.59. The predicted molar refractivity (Wildman–Crippen MR) is 121 cm³/mol. The molecule has 1 aromatic carbocycles. The second-order valence-electron chi connectivity index (χ2n) is 9.44. The number of hydrogen-bond acceptors (Lipinski definition) is 4. The van der Waals surface area contributed by atoms with Crippen molar-refractivity contribution in [3.63, 3.8) is 0 Å². The van der Waals surface area contributed by atoms with E-state index in [1.165, 1.54) is 40.9 Å². The zero-order chi connectivity index (χ0) is 21.2. The van der Waals surface area contributed by atoms with E-state index in [4.69, 9.17) is 9.47 Å². The van der Waals surface area contributed by atoms with E-state index >= 15 is 0 Å². The van der Waals surface area contributed by atoms with Gasteiger partial charge in [0.2, 0.25) is 0 Å². The average molecular weight is 401 g/mol. The maximum atomic E-state index is 6.69. The van der Waals surface area contributed by atoms with Crippen molar-refractivity contribution in [3.8, 4) is 11.5 Å². The first-order valence-corrected chi connectivity index (χ1v) is 11.2. The van der Waals surface area contributed by atoms with Crippen molar-refractivity contribution in [2.45, 2.75) is 66.4 Å². The summed E-state index contributed by atoms with van der Waals surface area (Å²) in [5.74, 6) is 2.14. The third-order valence-electron chi connectivity index (χ3n) is 6.95. The fourth-order valence-corrected chi connectivity index (χ4v) is 4.67. The Morgan fingerprint density at radius 1 is 1.03 bits per heavy atom. The van der Waals surface area contributed by atoms with Gasteiger partial charge in [0.15, 0.2) is 0 Å². The van der Waals surface area contributed by atoms with Crippen LogP contribution in [0.5, 0.6) is 11.5 Å². The van der Waals surface area contributed by atoms with Crippen LogP contribution < -0.4 is 9.47 Å². The summed E-state index contributed by atoms with van der Waals surface area (Å²) < 4.78 is 12.4. The topological polar surface area (TPSA) is 24.9 Å². The average Bonchev–Trinajstić information content (AvgIpc) is 2.70. The van der Waals surface area contributed by atoms with Gasteiger partial charge in [0.05, 0.1) is 7.11 Å². The summed E-state index contributed by atoms with van der Waals surface area (Å²) in [6, 6.07) is 0. The maximum Gasteiger partial charge on any atom is 0.127 e. The molecule has 0 aromatic heterocycles. The summed E-state index contributed by atoms with van der Waals surface area (Å²) in [6.07, 6.45) is 5.58. The molecule has 0 saturated carbocycles. The minimum Gasteiger partial charge on any atom is -0.496 e. The van der Waals surface area contributed by atoms with Gasteiger partial charge >= 0.3 is 0 Å². The lowest BCUT2D eigenvalue weighted by molar-refractivity contribution is 0.0365. The minimum absolute atomic E-state index is 0.0789. The lowest BCUT2D eigenvalue weighted by Crippen LogP contribution is -2.48. The first-order valence-electron chi connectivity index (χ1n) is 11.2. The summed E-state index contributed by atoms with van der Waals surface area (Å²) >= 11 is 0. The van der Waals surface area contributed by atoms with Crippen molar-refractivity contribution < 1.29 is 9.47 Å². The van der Waals surface area contributed by atoms with Crippen LogP contribution in [0.25, 0.3) is 0 Å². The summed E-state index contributed by atoms with van der Waals surface area (Å²) in [7, 11) is 1.77. The molecule has 0 N–H and O–H groups in total. The zero-order valence-electron chi connectivity index (χ0n) is 19.7. The molecule has 4 heteroatoms. The van der Waals surface area contributed by atoms with E-state index in [0.29, 0.717) is 0 Å². The molecule has 0 radical (unpaired) electrons. The highest BCUT2D eigenvalue weighted by Crippen LogP contribution is 2.44. The number of methoxy groups -OCH3 is 1. The SMILES string of the molecule is COc1c(C)c(C)c2c(c1C)CCC(C)(CCN1CCN(CC=C(C)C)CC1)O2. The third kappa shape index (κ3) is 4.97.